The summed E-state index contributed by atoms with van der Waals surface area (Å²) in [5.74, 6) is 1.80. The van der Waals surface area contributed by atoms with Gasteiger partial charge in [-0.2, -0.15) is 5.10 Å². The van der Waals surface area contributed by atoms with E-state index in [1.165, 1.54) is 5.69 Å². The Morgan fingerprint density at radius 3 is 3.05 bits per heavy atom. The van der Waals surface area contributed by atoms with Crippen molar-refractivity contribution in [2.75, 3.05) is 13.7 Å². The van der Waals surface area contributed by atoms with Gasteiger partial charge in [-0.25, -0.2) is 0 Å². The Morgan fingerprint density at radius 2 is 2.36 bits per heavy atom. The van der Waals surface area contributed by atoms with Crippen molar-refractivity contribution < 1.29 is 4.74 Å². The molecular formula is C14H22N6OS. The van der Waals surface area contributed by atoms with Crippen molar-refractivity contribution in [3.63, 3.8) is 0 Å². The van der Waals surface area contributed by atoms with Gasteiger partial charge in [0.2, 0.25) is 0 Å². The fourth-order valence-electron chi connectivity index (χ4n) is 2.57. The van der Waals surface area contributed by atoms with Gasteiger partial charge in [0.25, 0.3) is 0 Å². The molecule has 1 aliphatic rings. The molecule has 7 nitrogen and oxygen atoms in total. The van der Waals surface area contributed by atoms with Gasteiger partial charge in [-0.3, -0.25) is 4.68 Å². The van der Waals surface area contributed by atoms with Crippen molar-refractivity contribution in [2.45, 2.75) is 42.9 Å². The Bertz CT molecular complexity index is 604. The largest absolute Gasteiger partial charge is 0.376 e. The minimum absolute atomic E-state index is 0.280. The summed E-state index contributed by atoms with van der Waals surface area (Å²) < 4.78 is 9.84. The van der Waals surface area contributed by atoms with E-state index in [1.807, 2.05) is 31.0 Å². The average Bonchev–Trinajstić information content (AvgIpc) is 3.22. The number of nitrogens with zero attached hydrogens (tertiary/aromatic N) is 5. The monoisotopic (exact) mass is 322 g/mol. The van der Waals surface area contributed by atoms with Crippen LogP contribution in [0.4, 0.5) is 0 Å². The molecule has 0 bridgehead atoms. The lowest BCUT2D eigenvalue weighted by molar-refractivity contribution is 0.0941. The van der Waals surface area contributed by atoms with Crippen LogP contribution in [0.1, 0.15) is 24.4 Å². The Morgan fingerprint density at radius 1 is 1.45 bits per heavy atom. The maximum absolute atomic E-state index is 5.76. The maximum atomic E-state index is 5.76. The Hall–Kier alpha value is -1.38. The van der Waals surface area contributed by atoms with Crippen molar-refractivity contribution in [1.82, 2.24) is 29.9 Å². The molecule has 1 saturated heterocycles. The van der Waals surface area contributed by atoms with Crippen LogP contribution in [0, 0.1) is 0 Å². The number of aryl methyl sites for hydroxylation is 1. The first-order chi connectivity index (χ1) is 10.8. The van der Waals surface area contributed by atoms with Crippen LogP contribution < -0.4 is 5.32 Å². The van der Waals surface area contributed by atoms with E-state index in [0.717, 1.165) is 42.7 Å². The van der Waals surface area contributed by atoms with Crippen molar-refractivity contribution in [3.8, 4) is 0 Å². The van der Waals surface area contributed by atoms with Gasteiger partial charge < -0.3 is 14.6 Å². The Balaban J connectivity index is 1.72. The molecule has 3 rings (SSSR count). The molecule has 0 aliphatic carbocycles. The number of thioether (sulfide) groups is 1. The van der Waals surface area contributed by atoms with Crippen molar-refractivity contribution in [1.29, 1.82) is 0 Å². The fraction of sp³-hybridized carbons (Fsp3) is 0.643. The van der Waals surface area contributed by atoms with E-state index < -0.39 is 0 Å². The van der Waals surface area contributed by atoms with Gasteiger partial charge in [0.15, 0.2) is 5.16 Å². The van der Waals surface area contributed by atoms with E-state index in [1.54, 1.807) is 11.8 Å². The summed E-state index contributed by atoms with van der Waals surface area (Å²) in [4.78, 5) is 0. The zero-order chi connectivity index (χ0) is 15.4. The second kappa shape index (κ2) is 7.26. The predicted octanol–water partition coefficient (Wildman–Crippen LogP) is 1.20. The quantitative estimate of drug-likeness (QED) is 0.773. The zero-order valence-corrected chi connectivity index (χ0v) is 13.8. The van der Waals surface area contributed by atoms with Crippen molar-refractivity contribution in [2.24, 2.45) is 7.05 Å². The minimum atomic E-state index is 0.280. The first kappa shape index (κ1) is 15.5. The standard InChI is InChI=1S/C14H22N6OS/c1-15-8-13-17-18-14(20(13)9-12-4-3-7-21-12)22-10-11-5-6-16-19(11)2/h5-6,12,15H,3-4,7-10H2,1-2H3/t12-/m1/s1. The van der Waals surface area contributed by atoms with Crippen LogP contribution in [-0.4, -0.2) is 44.3 Å². The van der Waals surface area contributed by atoms with Crippen LogP contribution >= 0.6 is 11.8 Å². The van der Waals surface area contributed by atoms with Gasteiger partial charge in [0, 0.05) is 31.3 Å². The van der Waals surface area contributed by atoms with Crippen LogP contribution in [0.3, 0.4) is 0 Å². The molecule has 0 radical (unpaired) electrons. The van der Waals surface area contributed by atoms with Crippen molar-refractivity contribution >= 4 is 11.8 Å². The lowest BCUT2D eigenvalue weighted by Crippen LogP contribution is -2.20. The molecule has 2 aromatic heterocycles. The van der Waals surface area contributed by atoms with Crippen molar-refractivity contribution in [3.05, 3.63) is 23.8 Å². The van der Waals surface area contributed by atoms with Gasteiger partial charge in [0.05, 0.1) is 19.2 Å². The van der Waals surface area contributed by atoms with Gasteiger partial charge in [-0.05, 0) is 26.0 Å². The van der Waals surface area contributed by atoms with Crippen LogP contribution in [-0.2, 0) is 30.6 Å². The van der Waals surface area contributed by atoms with E-state index in [-0.39, 0.29) is 6.10 Å². The van der Waals surface area contributed by atoms with Gasteiger partial charge in [-0.1, -0.05) is 11.8 Å². The minimum Gasteiger partial charge on any atom is -0.376 e. The molecule has 0 amide bonds. The Kier molecular flexibility index (Phi) is 5.12. The molecule has 2 aromatic rings. The van der Waals surface area contributed by atoms with Crippen LogP contribution in [0.2, 0.25) is 0 Å². The molecule has 0 aromatic carbocycles. The number of hydrogen-bond donors (Lipinski definition) is 1. The smallest absolute Gasteiger partial charge is 0.191 e. The first-order valence-electron chi connectivity index (χ1n) is 7.56. The third-order valence-corrected chi connectivity index (χ3v) is 4.81. The molecule has 0 saturated carbocycles. The highest BCUT2D eigenvalue weighted by atomic mass is 32.2. The highest BCUT2D eigenvalue weighted by molar-refractivity contribution is 7.98. The topological polar surface area (TPSA) is 69.8 Å². The lowest BCUT2D eigenvalue weighted by Gasteiger charge is -2.14. The second-order valence-electron chi connectivity index (χ2n) is 5.41. The van der Waals surface area contributed by atoms with Crippen LogP contribution in [0.5, 0.6) is 0 Å². The summed E-state index contributed by atoms with van der Waals surface area (Å²) in [6.07, 6.45) is 4.36. The third kappa shape index (κ3) is 3.50. The summed E-state index contributed by atoms with van der Waals surface area (Å²) in [5.41, 5.74) is 1.17. The second-order valence-corrected chi connectivity index (χ2v) is 6.35. The average molecular weight is 322 g/mol. The summed E-state index contributed by atoms with van der Waals surface area (Å²) in [6, 6.07) is 2.03. The SMILES string of the molecule is CNCc1nnc(SCc2ccnn2C)n1C[C@H]1CCCO1. The fourth-order valence-corrected chi connectivity index (χ4v) is 3.57. The highest BCUT2D eigenvalue weighted by Crippen LogP contribution is 2.24. The number of rotatable bonds is 7. The molecule has 1 aliphatic heterocycles. The molecule has 22 heavy (non-hydrogen) atoms. The molecule has 3 heterocycles. The van der Waals surface area contributed by atoms with E-state index in [0.29, 0.717) is 6.54 Å². The van der Waals surface area contributed by atoms with Crippen LogP contribution in [0.25, 0.3) is 0 Å². The van der Waals surface area contributed by atoms with E-state index >= 15 is 0 Å². The molecule has 0 spiro atoms. The van der Waals surface area contributed by atoms with E-state index in [4.69, 9.17) is 4.74 Å². The number of ether oxygens (including phenoxy) is 1. The summed E-state index contributed by atoms with van der Waals surface area (Å²) >= 11 is 1.69. The van der Waals surface area contributed by atoms with Gasteiger partial charge in [-0.15, -0.1) is 10.2 Å². The molecule has 1 atom stereocenters. The molecule has 0 unspecified atom stereocenters. The predicted molar refractivity (Wildman–Crippen MR) is 84.5 cm³/mol. The normalized spacial score (nSPS) is 18.2. The highest BCUT2D eigenvalue weighted by Gasteiger charge is 2.20. The third-order valence-electron chi connectivity index (χ3n) is 3.81. The van der Waals surface area contributed by atoms with Crippen LogP contribution in [0.15, 0.2) is 17.4 Å². The molecule has 120 valence electrons. The van der Waals surface area contributed by atoms with E-state index in [2.05, 4.69) is 25.2 Å². The number of hydrogen-bond acceptors (Lipinski definition) is 6. The molecular weight excluding hydrogens is 300 g/mol. The lowest BCUT2D eigenvalue weighted by atomic mass is 10.2. The van der Waals surface area contributed by atoms with Gasteiger partial charge in [0.1, 0.15) is 5.82 Å². The maximum Gasteiger partial charge on any atom is 0.191 e. The Labute approximate surface area is 134 Å². The zero-order valence-electron chi connectivity index (χ0n) is 13.0. The summed E-state index contributed by atoms with van der Waals surface area (Å²) in [5, 5.41) is 17.0. The molecule has 1 fully saturated rings. The molecule has 8 heteroatoms. The van der Waals surface area contributed by atoms with E-state index in [9.17, 15) is 0 Å². The number of aromatic nitrogens is 5. The number of nitrogens with one attached hydrogen (secondary N) is 1. The summed E-state index contributed by atoms with van der Waals surface area (Å²) in [7, 11) is 3.88. The summed E-state index contributed by atoms with van der Waals surface area (Å²) in [6.45, 7) is 2.41. The van der Waals surface area contributed by atoms with Gasteiger partial charge >= 0.3 is 0 Å². The first-order valence-corrected chi connectivity index (χ1v) is 8.54. The molecule has 1 N–H and O–H groups in total.